The summed E-state index contributed by atoms with van der Waals surface area (Å²) in [5.41, 5.74) is 2.52. The van der Waals surface area contributed by atoms with Crippen molar-refractivity contribution in [2.24, 2.45) is 0 Å². The number of hydrogen-bond acceptors (Lipinski definition) is 5. The first-order chi connectivity index (χ1) is 10.9. The molecule has 6 heteroatoms. The summed E-state index contributed by atoms with van der Waals surface area (Å²) in [5, 5.41) is 0. The Hall–Kier alpha value is -2.63. The lowest BCUT2D eigenvalue weighted by molar-refractivity contribution is 0.564. The Morgan fingerprint density at radius 1 is 0.870 bits per heavy atom. The summed E-state index contributed by atoms with van der Waals surface area (Å²) < 4.78 is 10.9. The summed E-state index contributed by atoms with van der Waals surface area (Å²) in [4.78, 5) is 23.9. The fourth-order valence-electron chi connectivity index (χ4n) is 2.12. The van der Waals surface area contributed by atoms with Crippen molar-refractivity contribution in [2.75, 3.05) is 0 Å². The molecular formula is C17H19N3O3. The molecule has 6 nitrogen and oxygen atoms in total. The molecule has 120 valence electrons. The first-order valence-corrected chi connectivity index (χ1v) is 7.60. The van der Waals surface area contributed by atoms with Crippen LogP contribution in [0.15, 0.2) is 38.3 Å². The summed E-state index contributed by atoms with van der Waals surface area (Å²) in [7, 11) is 0. The van der Waals surface area contributed by atoms with E-state index >= 15 is 0 Å². The highest BCUT2D eigenvalue weighted by Gasteiger charge is 2.15. The van der Waals surface area contributed by atoms with E-state index in [1.807, 2.05) is 27.7 Å². The molecular weight excluding hydrogens is 294 g/mol. The van der Waals surface area contributed by atoms with Crippen LogP contribution in [0.2, 0.25) is 0 Å². The zero-order valence-corrected chi connectivity index (χ0v) is 13.6. The normalized spacial score (nSPS) is 11.6. The minimum absolute atomic E-state index is 0.164. The number of rotatable bonds is 4. The van der Waals surface area contributed by atoms with Crippen LogP contribution in [0, 0.1) is 0 Å². The summed E-state index contributed by atoms with van der Waals surface area (Å²) in [6, 6.07) is 2.90. The molecule has 0 aliphatic heterocycles. The highest BCUT2D eigenvalue weighted by Crippen LogP contribution is 2.24. The average Bonchev–Trinajstić information content (AvgIpc) is 3.16. The first-order valence-electron chi connectivity index (χ1n) is 7.60. The topological polar surface area (TPSA) is 84.9 Å². The molecule has 0 spiro atoms. The van der Waals surface area contributed by atoms with Crippen LogP contribution in [0.5, 0.6) is 0 Å². The lowest BCUT2D eigenvalue weighted by atomic mass is 10.2. The molecule has 0 bridgehead atoms. The molecule has 23 heavy (non-hydrogen) atoms. The van der Waals surface area contributed by atoms with Crippen molar-refractivity contribution in [3.8, 4) is 23.2 Å². The number of nitrogens with zero attached hydrogens (tertiary/aromatic N) is 2. The maximum absolute atomic E-state index is 12.0. The van der Waals surface area contributed by atoms with Crippen LogP contribution in [0.3, 0.4) is 0 Å². The Balaban J connectivity index is 2.02. The number of pyridine rings is 1. The van der Waals surface area contributed by atoms with Crippen molar-refractivity contribution in [2.45, 2.75) is 39.5 Å². The fraction of sp³-hybridized carbons (Fsp3) is 0.353. The van der Waals surface area contributed by atoms with E-state index in [-0.39, 0.29) is 17.3 Å². The average molecular weight is 313 g/mol. The molecule has 3 rings (SSSR count). The fourth-order valence-corrected chi connectivity index (χ4v) is 2.12. The molecule has 0 saturated heterocycles. The zero-order chi connectivity index (χ0) is 16.6. The highest BCUT2D eigenvalue weighted by molar-refractivity contribution is 5.55. The zero-order valence-electron chi connectivity index (χ0n) is 13.6. The van der Waals surface area contributed by atoms with Gasteiger partial charge in [-0.15, -0.1) is 0 Å². The van der Waals surface area contributed by atoms with Gasteiger partial charge in [0.25, 0.3) is 0 Å². The Bertz CT molecular complexity index is 804. The van der Waals surface area contributed by atoms with E-state index in [9.17, 15) is 4.79 Å². The molecule has 0 saturated carbocycles. The monoisotopic (exact) mass is 313 g/mol. The summed E-state index contributed by atoms with van der Waals surface area (Å²) in [6.45, 7) is 8.12. The molecule has 3 aromatic heterocycles. The first kappa shape index (κ1) is 15.3. The maximum atomic E-state index is 12.0. The van der Waals surface area contributed by atoms with Crippen molar-refractivity contribution < 1.29 is 8.83 Å². The minimum atomic E-state index is -0.164. The lowest BCUT2D eigenvalue weighted by Gasteiger charge is -2.00. The van der Waals surface area contributed by atoms with Gasteiger partial charge in [0.15, 0.2) is 5.43 Å². The predicted molar refractivity (Wildman–Crippen MR) is 86.2 cm³/mol. The van der Waals surface area contributed by atoms with Crippen molar-refractivity contribution in [3.05, 3.63) is 46.3 Å². The van der Waals surface area contributed by atoms with Gasteiger partial charge in [-0.05, 0) is 11.8 Å². The lowest BCUT2D eigenvalue weighted by Crippen LogP contribution is -2.02. The van der Waals surface area contributed by atoms with Crippen molar-refractivity contribution in [3.63, 3.8) is 0 Å². The Labute approximate surface area is 133 Å². The Morgan fingerprint density at radius 2 is 1.30 bits per heavy atom. The van der Waals surface area contributed by atoms with Gasteiger partial charge < -0.3 is 13.8 Å². The van der Waals surface area contributed by atoms with Crippen LogP contribution in [0.25, 0.3) is 23.2 Å². The molecule has 1 N–H and O–H groups in total. The second-order valence-electron chi connectivity index (χ2n) is 6.11. The van der Waals surface area contributed by atoms with Gasteiger partial charge in [-0.25, -0.2) is 9.97 Å². The minimum Gasteiger partial charge on any atom is -0.443 e. The quantitative estimate of drug-likeness (QED) is 0.788. The van der Waals surface area contributed by atoms with Crippen molar-refractivity contribution in [1.29, 1.82) is 0 Å². The second-order valence-corrected chi connectivity index (χ2v) is 6.11. The number of nitrogens with one attached hydrogen (secondary N) is 1. The third kappa shape index (κ3) is 3.11. The van der Waals surface area contributed by atoms with Gasteiger partial charge in [-0.2, -0.15) is 0 Å². The standard InChI is InChI=1S/C17H19N3O3/c1-9(2)14-7-22-16(19-14)12-5-11(21)6-13(18-12)17-20-15(8-23-17)10(3)4/h5-10H,1-4H3,(H,18,21). The summed E-state index contributed by atoms with van der Waals surface area (Å²) in [5.74, 6) is 1.26. The van der Waals surface area contributed by atoms with E-state index in [4.69, 9.17) is 8.83 Å². The number of aromatic amines is 1. The van der Waals surface area contributed by atoms with Gasteiger partial charge >= 0.3 is 0 Å². The predicted octanol–water partition coefficient (Wildman–Crippen LogP) is 3.93. The van der Waals surface area contributed by atoms with Crippen LogP contribution in [0.1, 0.15) is 50.9 Å². The highest BCUT2D eigenvalue weighted by atomic mass is 16.3. The Kier molecular flexibility index (Phi) is 3.90. The molecule has 0 aliphatic carbocycles. The van der Waals surface area contributed by atoms with Gasteiger partial charge in [0.1, 0.15) is 23.9 Å². The van der Waals surface area contributed by atoms with E-state index in [1.54, 1.807) is 12.5 Å². The number of oxazole rings is 2. The largest absolute Gasteiger partial charge is 0.443 e. The number of hydrogen-bond donors (Lipinski definition) is 1. The smallest absolute Gasteiger partial charge is 0.243 e. The van der Waals surface area contributed by atoms with Crippen LogP contribution in [0.4, 0.5) is 0 Å². The number of H-pyrrole nitrogens is 1. The molecule has 0 unspecified atom stereocenters. The molecule has 0 aromatic carbocycles. The molecule has 0 radical (unpaired) electrons. The van der Waals surface area contributed by atoms with E-state index in [1.165, 1.54) is 12.1 Å². The third-order valence-corrected chi connectivity index (χ3v) is 3.53. The molecule has 3 heterocycles. The van der Waals surface area contributed by atoms with E-state index in [0.717, 1.165) is 11.4 Å². The van der Waals surface area contributed by atoms with Gasteiger partial charge in [-0.3, -0.25) is 4.79 Å². The Morgan fingerprint density at radius 3 is 1.65 bits per heavy atom. The maximum Gasteiger partial charge on any atom is 0.243 e. The second kappa shape index (κ2) is 5.87. The van der Waals surface area contributed by atoms with Gasteiger partial charge in [-0.1, -0.05) is 27.7 Å². The van der Waals surface area contributed by atoms with E-state index in [2.05, 4.69) is 15.0 Å². The molecule has 3 aromatic rings. The molecule has 0 fully saturated rings. The molecule has 0 aliphatic rings. The number of aromatic nitrogens is 3. The van der Waals surface area contributed by atoms with Crippen molar-refractivity contribution in [1.82, 2.24) is 15.0 Å². The third-order valence-electron chi connectivity index (χ3n) is 3.53. The molecule has 0 atom stereocenters. The van der Waals surface area contributed by atoms with Gasteiger partial charge in [0.05, 0.1) is 11.4 Å². The van der Waals surface area contributed by atoms with Gasteiger partial charge in [0.2, 0.25) is 11.8 Å². The van der Waals surface area contributed by atoms with E-state index in [0.29, 0.717) is 23.2 Å². The molecule has 0 amide bonds. The summed E-state index contributed by atoms with van der Waals surface area (Å²) in [6.07, 6.45) is 3.21. The van der Waals surface area contributed by atoms with Crippen LogP contribution in [-0.4, -0.2) is 15.0 Å². The van der Waals surface area contributed by atoms with Crippen LogP contribution >= 0.6 is 0 Å². The van der Waals surface area contributed by atoms with Crippen LogP contribution in [-0.2, 0) is 0 Å². The van der Waals surface area contributed by atoms with E-state index < -0.39 is 0 Å². The SMILES string of the molecule is CC(C)c1coc(-c2cc(=O)cc(-c3nc(C(C)C)co3)[nH]2)n1. The van der Waals surface area contributed by atoms with Crippen molar-refractivity contribution >= 4 is 0 Å². The van der Waals surface area contributed by atoms with Crippen LogP contribution < -0.4 is 5.43 Å². The van der Waals surface area contributed by atoms with Gasteiger partial charge in [0, 0.05) is 12.1 Å². The summed E-state index contributed by atoms with van der Waals surface area (Å²) >= 11 is 0.